The van der Waals surface area contributed by atoms with Crippen molar-refractivity contribution in [2.75, 3.05) is 19.6 Å². The average Bonchev–Trinajstić information content (AvgIpc) is 3.61. The molecule has 48 heavy (non-hydrogen) atoms. The number of rotatable bonds is 16. The number of nitrogens with zero attached hydrogens (tertiary/aromatic N) is 2. The summed E-state index contributed by atoms with van der Waals surface area (Å²) in [7, 11) is 0. The summed E-state index contributed by atoms with van der Waals surface area (Å²) in [5, 5.41) is 20.3. The number of nitrogens with one attached hydrogen (secondary N) is 2. The predicted octanol–water partition coefficient (Wildman–Crippen LogP) is 7.14. The number of hydrogen-bond acceptors (Lipinski definition) is 6. The first kappa shape index (κ1) is 36.8. The van der Waals surface area contributed by atoms with Crippen LogP contribution in [0.3, 0.4) is 0 Å². The summed E-state index contributed by atoms with van der Waals surface area (Å²) < 4.78 is 28.4. The van der Waals surface area contributed by atoms with Crippen LogP contribution in [-0.4, -0.2) is 58.6 Å². The van der Waals surface area contributed by atoms with Gasteiger partial charge in [-0.2, -0.15) is 0 Å². The van der Waals surface area contributed by atoms with Gasteiger partial charge in [-0.3, -0.25) is 9.59 Å². The van der Waals surface area contributed by atoms with Gasteiger partial charge in [0, 0.05) is 59.5 Å². The first-order valence-corrected chi connectivity index (χ1v) is 17.4. The van der Waals surface area contributed by atoms with E-state index in [1.165, 1.54) is 29.0 Å². The highest BCUT2D eigenvalue weighted by atomic mass is 32.1. The number of aromatic nitrogens is 1. The van der Waals surface area contributed by atoms with E-state index in [1.807, 2.05) is 45.2 Å². The van der Waals surface area contributed by atoms with Crippen LogP contribution >= 0.6 is 11.3 Å². The molecule has 2 atom stereocenters. The molecule has 0 aliphatic rings. The molecular formula is C38H46F2N4O3S. The number of halogens is 2. The number of benzene rings is 3. The normalized spacial score (nSPS) is 12.8. The summed E-state index contributed by atoms with van der Waals surface area (Å²) in [4.78, 5) is 33.8. The Labute approximate surface area is 286 Å². The summed E-state index contributed by atoms with van der Waals surface area (Å²) >= 11 is 1.39. The van der Waals surface area contributed by atoms with Gasteiger partial charge in [-0.05, 0) is 86.6 Å². The van der Waals surface area contributed by atoms with E-state index in [9.17, 15) is 23.5 Å². The van der Waals surface area contributed by atoms with Crippen LogP contribution in [0.4, 0.5) is 8.78 Å². The molecule has 0 saturated heterocycles. The van der Waals surface area contributed by atoms with Crippen molar-refractivity contribution in [1.82, 2.24) is 20.5 Å². The smallest absolute Gasteiger partial charge is 0.253 e. The number of aliphatic hydroxyl groups is 1. The van der Waals surface area contributed by atoms with Crippen molar-refractivity contribution in [1.29, 1.82) is 0 Å². The summed E-state index contributed by atoms with van der Waals surface area (Å²) in [6.07, 6.45) is 2.96. The van der Waals surface area contributed by atoms with Crippen LogP contribution in [0.1, 0.15) is 84.9 Å². The maximum atomic E-state index is 14.2. The second-order valence-electron chi connectivity index (χ2n) is 12.6. The number of aryl methyl sites for hydroxylation is 1. The van der Waals surface area contributed by atoms with Crippen molar-refractivity contribution in [3.8, 4) is 10.6 Å². The molecule has 0 radical (unpaired) electrons. The highest BCUT2D eigenvalue weighted by Crippen LogP contribution is 2.26. The Bertz CT molecular complexity index is 1650. The van der Waals surface area contributed by atoms with Gasteiger partial charge >= 0.3 is 0 Å². The Hall–Kier alpha value is -3.99. The Kier molecular flexibility index (Phi) is 13.0. The van der Waals surface area contributed by atoms with Crippen molar-refractivity contribution < 1.29 is 23.5 Å². The number of amides is 2. The third-order valence-electron chi connectivity index (χ3n) is 8.36. The average molecular weight is 677 g/mol. The van der Waals surface area contributed by atoms with Gasteiger partial charge in [-0.1, -0.05) is 45.0 Å². The second-order valence-corrected chi connectivity index (χ2v) is 13.5. The number of aliphatic hydroxyl groups excluding tert-OH is 1. The highest BCUT2D eigenvalue weighted by Gasteiger charge is 2.28. The lowest BCUT2D eigenvalue weighted by atomic mass is 9.91. The topological polar surface area (TPSA) is 94.6 Å². The molecule has 0 unspecified atom stereocenters. The van der Waals surface area contributed by atoms with Gasteiger partial charge in [0.2, 0.25) is 0 Å². The SMILES string of the molecule is CCCN(CCC)C(=O)c1cc(C(=O)N[C@@H](Cc2cc(F)cc(F)c2)[C@H](O)CNC(C)(C)c2cccc(CC)c2)cc(-c2nccs2)c1. The molecule has 256 valence electrons. The fraction of sp³-hybridized carbons (Fsp3) is 0.395. The van der Waals surface area contributed by atoms with Crippen molar-refractivity contribution in [2.45, 2.75) is 78.0 Å². The molecule has 1 aromatic heterocycles. The third-order valence-corrected chi connectivity index (χ3v) is 9.19. The standard InChI is InChI=1S/C38H46F2N4O3S/c1-6-13-44(14-7-2)37(47)29-21-27(20-28(22-29)36-41-12-15-48-36)35(46)43-33(19-26-17-31(39)23-32(40)18-26)34(45)24-42-38(4,5)30-11-9-10-25(8-3)16-30/h9-12,15-18,20-23,33-34,42,45H,6-8,13-14,19,24H2,1-5H3,(H,43,46)/t33-,34+/m0/s1. The lowest BCUT2D eigenvalue weighted by molar-refractivity contribution is 0.0755. The quantitative estimate of drug-likeness (QED) is 0.117. The van der Waals surface area contributed by atoms with Crippen LogP contribution < -0.4 is 10.6 Å². The van der Waals surface area contributed by atoms with Crippen molar-refractivity contribution in [3.05, 3.63) is 112 Å². The monoisotopic (exact) mass is 676 g/mol. The van der Waals surface area contributed by atoms with Crippen molar-refractivity contribution in [2.24, 2.45) is 0 Å². The number of thiazole rings is 1. The van der Waals surface area contributed by atoms with E-state index in [4.69, 9.17) is 0 Å². The van der Waals surface area contributed by atoms with Gasteiger partial charge in [-0.15, -0.1) is 11.3 Å². The summed E-state index contributed by atoms with van der Waals surface area (Å²) in [6, 6.07) is 15.4. The van der Waals surface area contributed by atoms with Crippen molar-refractivity contribution in [3.63, 3.8) is 0 Å². The maximum Gasteiger partial charge on any atom is 0.253 e. The molecule has 0 spiro atoms. The lowest BCUT2D eigenvalue weighted by Gasteiger charge is -2.31. The van der Waals surface area contributed by atoms with E-state index in [1.54, 1.807) is 29.3 Å². The zero-order valence-corrected chi connectivity index (χ0v) is 29.2. The maximum absolute atomic E-state index is 14.2. The number of hydrogen-bond donors (Lipinski definition) is 3. The van der Waals surface area contributed by atoms with Gasteiger partial charge in [0.05, 0.1) is 12.1 Å². The molecule has 0 saturated carbocycles. The van der Waals surface area contributed by atoms with Crippen LogP contribution in [0.15, 0.2) is 72.2 Å². The van der Waals surface area contributed by atoms with Crippen LogP contribution in [0.25, 0.3) is 10.6 Å². The van der Waals surface area contributed by atoms with Crippen molar-refractivity contribution >= 4 is 23.2 Å². The molecule has 3 aromatic carbocycles. The minimum atomic E-state index is -1.14. The third kappa shape index (κ3) is 9.78. The molecule has 3 N–H and O–H groups in total. The zero-order chi connectivity index (χ0) is 34.8. The fourth-order valence-corrected chi connectivity index (χ4v) is 6.34. The molecule has 0 aliphatic heterocycles. The zero-order valence-electron chi connectivity index (χ0n) is 28.4. The fourth-order valence-electron chi connectivity index (χ4n) is 5.71. The lowest BCUT2D eigenvalue weighted by Crippen LogP contribution is -2.51. The molecule has 0 aliphatic carbocycles. The molecule has 1 heterocycles. The van der Waals surface area contributed by atoms with Gasteiger partial charge < -0.3 is 20.6 Å². The Morgan fingerprint density at radius 1 is 0.938 bits per heavy atom. The Morgan fingerprint density at radius 3 is 2.25 bits per heavy atom. The minimum absolute atomic E-state index is 0.0340. The molecule has 2 amide bonds. The first-order chi connectivity index (χ1) is 22.9. The second kappa shape index (κ2) is 16.9. The van der Waals surface area contributed by atoms with E-state index in [2.05, 4.69) is 34.7 Å². The Morgan fingerprint density at radius 2 is 1.62 bits per heavy atom. The van der Waals surface area contributed by atoms with E-state index < -0.39 is 35.2 Å². The van der Waals surface area contributed by atoms with E-state index in [0.717, 1.165) is 30.9 Å². The van der Waals surface area contributed by atoms with Crippen LogP contribution in [0, 0.1) is 11.6 Å². The summed E-state index contributed by atoms with van der Waals surface area (Å²) in [5.74, 6) is -2.21. The van der Waals surface area contributed by atoms with E-state index in [-0.39, 0.29) is 30.0 Å². The van der Waals surface area contributed by atoms with Gasteiger partial charge in [-0.25, -0.2) is 13.8 Å². The minimum Gasteiger partial charge on any atom is -0.390 e. The number of carbonyl (C=O) groups is 2. The van der Waals surface area contributed by atoms with Crippen LogP contribution in [-0.2, 0) is 18.4 Å². The molecule has 0 fully saturated rings. The van der Waals surface area contributed by atoms with Gasteiger partial charge in [0.1, 0.15) is 16.6 Å². The molecular weight excluding hydrogens is 631 g/mol. The first-order valence-electron chi connectivity index (χ1n) is 16.6. The van der Waals surface area contributed by atoms with Gasteiger partial charge in [0.25, 0.3) is 11.8 Å². The summed E-state index contributed by atoms with van der Waals surface area (Å²) in [5.41, 5.74) is 3.18. The van der Waals surface area contributed by atoms with E-state index >= 15 is 0 Å². The molecule has 4 aromatic rings. The Balaban J connectivity index is 1.65. The molecule has 4 rings (SSSR count). The largest absolute Gasteiger partial charge is 0.390 e. The van der Waals surface area contributed by atoms with Gasteiger partial charge in [0.15, 0.2) is 0 Å². The van der Waals surface area contributed by atoms with Crippen LogP contribution in [0.5, 0.6) is 0 Å². The molecule has 0 bridgehead atoms. The summed E-state index contributed by atoms with van der Waals surface area (Å²) in [6.45, 7) is 11.4. The number of carbonyl (C=O) groups excluding carboxylic acids is 2. The molecule has 10 heteroatoms. The predicted molar refractivity (Wildman–Crippen MR) is 188 cm³/mol. The van der Waals surface area contributed by atoms with Crippen LogP contribution in [0.2, 0.25) is 0 Å². The molecule has 7 nitrogen and oxygen atoms in total. The highest BCUT2D eigenvalue weighted by molar-refractivity contribution is 7.13. The van der Waals surface area contributed by atoms with E-state index in [0.29, 0.717) is 29.2 Å².